The van der Waals surface area contributed by atoms with Gasteiger partial charge in [0.2, 0.25) is 0 Å². The molecule has 0 amide bonds. The van der Waals surface area contributed by atoms with Crippen LogP contribution in [0, 0.1) is 0 Å². The largest absolute Gasteiger partial charge is 0.328 e. The van der Waals surface area contributed by atoms with E-state index in [2.05, 4.69) is 28.1 Å². The summed E-state index contributed by atoms with van der Waals surface area (Å²) in [6, 6.07) is 0. The Labute approximate surface area is 90.9 Å². The van der Waals surface area contributed by atoms with E-state index in [0.717, 1.165) is 19.5 Å². The molecule has 0 spiro atoms. The van der Waals surface area contributed by atoms with Gasteiger partial charge in [-0.05, 0) is 25.7 Å². The monoisotopic (exact) mass is 205 g/mol. The molecule has 1 aromatic heterocycles. The van der Waals surface area contributed by atoms with Crippen LogP contribution in [0.25, 0.3) is 0 Å². The maximum absolute atomic E-state index is 4.55. The van der Waals surface area contributed by atoms with E-state index in [-0.39, 0.29) is 0 Å². The van der Waals surface area contributed by atoms with Crippen molar-refractivity contribution < 1.29 is 0 Å². The first-order chi connectivity index (χ1) is 7.36. The summed E-state index contributed by atoms with van der Waals surface area (Å²) in [7, 11) is 0. The van der Waals surface area contributed by atoms with Gasteiger partial charge in [0.1, 0.15) is 0 Å². The second-order valence-corrected chi connectivity index (χ2v) is 4.87. The van der Waals surface area contributed by atoms with E-state index in [9.17, 15) is 0 Å². The minimum absolute atomic E-state index is 0.428. The van der Waals surface area contributed by atoms with Gasteiger partial charge in [0.15, 0.2) is 0 Å². The van der Waals surface area contributed by atoms with Crippen molar-refractivity contribution in [2.45, 2.75) is 51.1 Å². The van der Waals surface area contributed by atoms with Crippen molar-refractivity contribution >= 4 is 0 Å². The summed E-state index contributed by atoms with van der Waals surface area (Å²) in [6.07, 6.45) is 8.57. The van der Waals surface area contributed by atoms with E-state index in [0.29, 0.717) is 5.54 Å². The molecule has 0 bridgehead atoms. The number of nitrogens with zero attached hydrogens (tertiary/aromatic N) is 2. The normalized spacial score (nSPS) is 23.3. The fourth-order valence-electron chi connectivity index (χ4n) is 3.00. The van der Waals surface area contributed by atoms with Gasteiger partial charge >= 0.3 is 0 Å². The zero-order valence-corrected chi connectivity index (χ0v) is 9.42. The number of aromatic nitrogens is 2. The molecule has 1 aliphatic carbocycles. The number of rotatable bonds is 2. The molecule has 1 fully saturated rings. The fourth-order valence-corrected chi connectivity index (χ4v) is 3.00. The molecule has 3 heteroatoms. The molecule has 2 aliphatic rings. The van der Waals surface area contributed by atoms with Crippen LogP contribution in [0.15, 0.2) is 6.33 Å². The second-order valence-electron chi connectivity index (χ2n) is 4.87. The Morgan fingerprint density at radius 3 is 3.07 bits per heavy atom. The van der Waals surface area contributed by atoms with Crippen LogP contribution in [-0.2, 0) is 18.5 Å². The quantitative estimate of drug-likeness (QED) is 0.798. The van der Waals surface area contributed by atoms with Crippen LogP contribution in [0.5, 0.6) is 0 Å². The lowest BCUT2D eigenvalue weighted by atomic mass is 9.74. The highest BCUT2D eigenvalue weighted by Gasteiger charge is 2.38. The standard InChI is InChI=1S/C12H19N3/c1-2-12(5-3-6-12)15-9-14-10-8-13-7-4-11(10)15/h9,13H,2-8H2,1H3. The Balaban J connectivity index is 2.00. The number of hydrogen-bond donors (Lipinski definition) is 1. The molecule has 0 saturated heterocycles. The van der Waals surface area contributed by atoms with Crippen molar-refractivity contribution in [3.63, 3.8) is 0 Å². The summed E-state index contributed by atoms with van der Waals surface area (Å²) in [5.41, 5.74) is 3.20. The van der Waals surface area contributed by atoms with Crippen molar-refractivity contribution in [3.8, 4) is 0 Å². The van der Waals surface area contributed by atoms with Crippen molar-refractivity contribution in [2.75, 3.05) is 6.54 Å². The molecular formula is C12H19N3. The molecule has 0 radical (unpaired) electrons. The molecule has 1 aromatic rings. The first-order valence-corrected chi connectivity index (χ1v) is 6.12. The Morgan fingerprint density at radius 1 is 1.53 bits per heavy atom. The molecule has 2 heterocycles. The summed E-state index contributed by atoms with van der Waals surface area (Å²) in [4.78, 5) is 4.55. The van der Waals surface area contributed by atoms with Gasteiger partial charge in [-0.25, -0.2) is 4.98 Å². The van der Waals surface area contributed by atoms with E-state index in [1.807, 2.05) is 0 Å². The Morgan fingerprint density at radius 2 is 2.40 bits per heavy atom. The predicted molar refractivity (Wildman–Crippen MR) is 59.8 cm³/mol. The number of nitrogens with one attached hydrogen (secondary N) is 1. The van der Waals surface area contributed by atoms with E-state index >= 15 is 0 Å². The van der Waals surface area contributed by atoms with Crippen LogP contribution in [0.3, 0.4) is 0 Å². The average Bonchev–Trinajstić information content (AvgIpc) is 2.62. The van der Waals surface area contributed by atoms with Gasteiger partial charge in [-0.3, -0.25) is 0 Å². The molecule has 3 rings (SSSR count). The van der Waals surface area contributed by atoms with Gasteiger partial charge in [-0.2, -0.15) is 0 Å². The molecule has 82 valence electrons. The highest BCUT2D eigenvalue weighted by molar-refractivity contribution is 5.19. The number of hydrogen-bond acceptors (Lipinski definition) is 2. The predicted octanol–water partition coefficient (Wildman–Crippen LogP) is 1.82. The average molecular weight is 205 g/mol. The van der Waals surface area contributed by atoms with Gasteiger partial charge in [-0.1, -0.05) is 6.92 Å². The zero-order valence-electron chi connectivity index (χ0n) is 9.42. The third-order valence-corrected chi connectivity index (χ3v) is 4.24. The minimum Gasteiger partial charge on any atom is -0.328 e. The van der Waals surface area contributed by atoms with Crippen LogP contribution in [0.1, 0.15) is 44.0 Å². The molecule has 3 nitrogen and oxygen atoms in total. The van der Waals surface area contributed by atoms with Gasteiger partial charge < -0.3 is 9.88 Å². The van der Waals surface area contributed by atoms with Crippen molar-refractivity contribution in [1.82, 2.24) is 14.9 Å². The lowest BCUT2D eigenvalue weighted by molar-refractivity contribution is 0.131. The highest BCUT2D eigenvalue weighted by Crippen LogP contribution is 2.43. The third-order valence-electron chi connectivity index (χ3n) is 4.24. The molecular weight excluding hydrogens is 186 g/mol. The maximum atomic E-state index is 4.55. The fraction of sp³-hybridized carbons (Fsp3) is 0.750. The van der Waals surface area contributed by atoms with Crippen LogP contribution in [-0.4, -0.2) is 16.1 Å². The van der Waals surface area contributed by atoms with E-state index in [1.54, 1.807) is 0 Å². The van der Waals surface area contributed by atoms with Gasteiger partial charge in [0.25, 0.3) is 0 Å². The Hall–Kier alpha value is -0.830. The topological polar surface area (TPSA) is 29.9 Å². The van der Waals surface area contributed by atoms with Crippen LogP contribution in [0.2, 0.25) is 0 Å². The summed E-state index contributed by atoms with van der Waals surface area (Å²) in [5, 5.41) is 3.38. The lowest BCUT2D eigenvalue weighted by Crippen LogP contribution is -2.41. The molecule has 1 aliphatic heterocycles. The first-order valence-electron chi connectivity index (χ1n) is 6.12. The SMILES string of the molecule is CCC1(n2cnc3c2CCNC3)CCC1. The molecule has 0 aromatic carbocycles. The minimum atomic E-state index is 0.428. The molecule has 0 atom stereocenters. The lowest BCUT2D eigenvalue weighted by Gasteiger charge is -2.44. The summed E-state index contributed by atoms with van der Waals surface area (Å²) in [5.74, 6) is 0. The molecule has 0 unspecified atom stereocenters. The van der Waals surface area contributed by atoms with Crippen molar-refractivity contribution in [2.24, 2.45) is 0 Å². The van der Waals surface area contributed by atoms with E-state index in [1.165, 1.54) is 37.1 Å². The first kappa shape index (κ1) is 9.40. The van der Waals surface area contributed by atoms with Gasteiger partial charge in [-0.15, -0.1) is 0 Å². The second kappa shape index (κ2) is 3.34. The molecule has 1 N–H and O–H groups in total. The summed E-state index contributed by atoms with van der Waals surface area (Å²) in [6.45, 7) is 4.38. The highest BCUT2D eigenvalue weighted by atomic mass is 15.2. The van der Waals surface area contributed by atoms with Gasteiger partial charge in [0, 0.05) is 30.7 Å². The number of imidazole rings is 1. The Kier molecular flexibility index (Phi) is 2.09. The van der Waals surface area contributed by atoms with Crippen LogP contribution < -0.4 is 5.32 Å². The van der Waals surface area contributed by atoms with E-state index < -0.39 is 0 Å². The summed E-state index contributed by atoms with van der Waals surface area (Å²) < 4.78 is 2.49. The van der Waals surface area contributed by atoms with E-state index in [4.69, 9.17) is 0 Å². The van der Waals surface area contributed by atoms with Gasteiger partial charge in [0.05, 0.1) is 12.0 Å². The Bertz CT molecular complexity index is 357. The smallest absolute Gasteiger partial charge is 0.0957 e. The number of fused-ring (bicyclic) bond motifs is 1. The zero-order chi connectivity index (χ0) is 10.3. The van der Waals surface area contributed by atoms with Crippen molar-refractivity contribution in [3.05, 3.63) is 17.7 Å². The summed E-state index contributed by atoms with van der Waals surface area (Å²) >= 11 is 0. The van der Waals surface area contributed by atoms with Crippen LogP contribution >= 0.6 is 0 Å². The van der Waals surface area contributed by atoms with Crippen molar-refractivity contribution in [1.29, 1.82) is 0 Å². The molecule has 15 heavy (non-hydrogen) atoms. The van der Waals surface area contributed by atoms with Crippen LogP contribution in [0.4, 0.5) is 0 Å². The third kappa shape index (κ3) is 1.26. The molecule has 1 saturated carbocycles. The maximum Gasteiger partial charge on any atom is 0.0957 e.